The second-order valence-corrected chi connectivity index (χ2v) is 7.01. The van der Waals surface area contributed by atoms with Crippen LogP contribution in [0.15, 0.2) is 60.0 Å². The minimum atomic E-state index is -0.629. The lowest BCUT2D eigenvalue weighted by Gasteiger charge is -2.20. The van der Waals surface area contributed by atoms with Crippen LogP contribution in [0.25, 0.3) is 0 Å². The number of rotatable bonds is 6. The van der Waals surface area contributed by atoms with Crippen LogP contribution >= 0.6 is 35.8 Å². The van der Waals surface area contributed by atoms with Gasteiger partial charge in [0.05, 0.1) is 17.0 Å². The zero-order valence-corrected chi connectivity index (χ0v) is 17.1. The zero-order valence-electron chi connectivity index (χ0n) is 14.7. The summed E-state index contributed by atoms with van der Waals surface area (Å²) in [7, 11) is 1.56. The summed E-state index contributed by atoms with van der Waals surface area (Å²) in [6, 6.07) is 10.3. The van der Waals surface area contributed by atoms with E-state index >= 15 is 0 Å². The number of imidazole rings is 1. The van der Waals surface area contributed by atoms with Crippen molar-refractivity contribution in [3.05, 3.63) is 76.8 Å². The molecule has 0 aliphatic heterocycles. The highest BCUT2D eigenvalue weighted by Crippen LogP contribution is 2.28. The van der Waals surface area contributed by atoms with Gasteiger partial charge in [-0.2, -0.15) is 0 Å². The number of aromatic amines is 1. The first kappa shape index (κ1) is 21.9. The number of carbonyl (C=O) groups excluding carboxylic acids is 2. The van der Waals surface area contributed by atoms with Gasteiger partial charge in [-0.15, -0.1) is 12.4 Å². The molecule has 5 nitrogen and oxygen atoms in total. The molecule has 0 aliphatic carbocycles. The summed E-state index contributed by atoms with van der Waals surface area (Å²) in [4.78, 5) is 33.7. The number of benzene rings is 2. The molecule has 9 heteroatoms. The molecule has 1 aromatic heterocycles. The summed E-state index contributed by atoms with van der Waals surface area (Å²) in [5.41, 5.74) is 0.441. The Labute approximate surface area is 176 Å². The van der Waals surface area contributed by atoms with E-state index in [0.717, 1.165) is 0 Å². The number of hydrogen-bond acceptors (Lipinski definition) is 4. The summed E-state index contributed by atoms with van der Waals surface area (Å²) in [6.07, 6.45) is 3.27. The quantitative estimate of drug-likeness (QED) is 0.449. The van der Waals surface area contributed by atoms with Gasteiger partial charge in [0.2, 0.25) is 5.91 Å². The van der Waals surface area contributed by atoms with Crippen molar-refractivity contribution in [2.24, 2.45) is 0 Å². The van der Waals surface area contributed by atoms with E-state index in [4.69, 9.17) is 11.6 Å². The highest BCUT2D eigenvalue weighted by Gasteiger charge is 2.22. The van der Waals surface area contributed by atoms with Crippen LogP contribution in [0, 0.1) is 5.82 Å². The second kappa shape index (κ2) is 9.73. The molecule has 3 aromatic rings. The number of hydrogen-bond donors (Lipinski definition) is 1. The van der Waals surface area contributed by atoms with Crippen LogP contribution in [0.3, 0.4) is 0 Å². The van der Waals surface area contributed by atoms with Crippen molar-refractivity contribution in [1.29, 1.82) is 0 Å². The third kappa shape index (κ3) is 4.92. The number of halogens is 3. The summed E-state index contributed by atoms with van der Waals surface area (Å²) in [5.74, 6) is -1.28. The van der Waals surface area contributed by atoms with E-state index in [9.17, 15) is 14.0 Å². The van der Waals surface area contributed by atoms with E-state index in [1.54, 1.807) is 37.6 Å². The number of nitrogens with one attached hydrogen (secondary N) is 1. The maximum absolute atomic E-state index is 14.0. The Hall–Kier alpha value is -2.35. The monoisotopic (exact) mass is 439 g/mol. The van der Waals surface area contributed by atoms with Crippen molar-refractivity contribution in [2.75, 3.05) is 17.7 Å². The molecule has 0 fully saturated rings. The number of carbonyl (C=O) groups is 2. The molecular formula is C19H16Cl2FN3O2S. The van der Waals surface area contributed by atoms with E-state index in [2.05, 4.69) is 9.97 Å². The molecule has 1 amide bonds. The maximum Gasteiger partial charge on any atom is 0.237 e. The Morgan fingerprint density at radius 2 is 1.96 bits per heavy atom. The number of aromatic nitrogens is 2. The van der Waals surface area contributed by atoms with E-state index in [1.807, 2.05) is 0 Å². The molecule has 2 aromatic carbocycles. The van der Waals surface area contributed by atoms with Crippen molar-refractivity contribution in [3.63, 3.8) is 0 Å². The second-order valence-electron chi connectivity index (χ2n) is 5.61. The van der Waals surface area contributed by atoms with E-state index in [0.29, 0.717) is 15.9 Å². The van der Waals surface area contributed by atoms with Gasteiger partial charge in [0.1, 0.15) is 5.82 Å². The van der Waals surface area contributed by atoms with Gasteiger partial charge < -0.3 is 9.88 Å². The maximum atomic E-state index is 14.0. The smallest absolute Gasteiger partial charge is 0.237 e. The zero-order chi connectivity index (χ0) is 19.4. The highest BCUT2D eigenvalue weighted by atomic mass is 35.5. The van der Waals surface area contributed by atoms with Crippen LogP contribution in [0.2, 0.25) is 5.02 Å². The molecule has 0 atom stereocenters. The van der Waals surface area contributed by atoms with Crippen LogP contribution in [0.1, 0.15) is 15.9 Å². The van der Waals surface area contributed by atoms with Gasteiger partial charge in [0.25, 0.3) is 0 Å². The topological polar surface area (TPSA) is 66.1 Å². The van der Waals surface area contributed by atoms with E-state index in [-0.39, 0.29) is 35.2 Å². The molecule has 0 bridgehead atoms. The van der Waals surface area contributed by atoms with Gasteiger partial charge >= 0.3 is 0 Å². The van der Waals surface area contributed by atoms with Crippen molar-refractivity contribution in [2.45, 2.75) is 5.16 Å². The lowest BCUT2D eigenvalue weighted by Crippen LogP contribution is -2.29. The number of H-pyrrole nitrogens is 1. The van der Waals surface area contributed by atoms with Crippen LogP contribution < -0.4 is 4.90 Å². The molecule has 1 N–H and O–H groups in total. The minimum Gasteiger partial charge on any atom is -0.340 e. The van der Waals surface area contributed by atoms with Crippen LogP contribution in [-0.2, 0) is 4.79 Å². The van der Waals surface area contributed by atoms with E-state index < -0.39 is 11.6 Å². The van der Waals surface area contributed by atoms with Gasteiger partial charge in [0, 0.05) is 30.0 Å². The van der Waals surface area contributed by atoms with Crippen molar-refractivity contribution in [3.8, 4) is 0 Å². The lowest BCUT2D eigenvalue weighted by molar-refractivity contribution is -0.115. The molecule has 0 aliphatic rings. The Morgan fingerprint density at radius 1 is 1.21 bits per heavy atom. The average Bonchev–Trinajstić information content (AvgIpc) is 3.19. The first-order valence-corrected chi connectivity index (χ1v) is 9.31. The Balaban J connectivity index is 0.00000280. The molecule has 0 spiro atoms. The largest absolute Gasteiger partial charge is 0.340 e. The Morgan fingerprint density at radius 3 is 2.64 bits per heavy atom. The SMILES string of the molecule is CN(C(=O)CSc1ncc[nH]1)c1ccc(Cl)cc1C(=O)c1ccccc1F.Cl. The minimum absolute atomic E-state index is 0. The first-order chi connectivity index (χ1) is 13.0. The number of thioether (sulfide) groups is 1. The fourth-order valence-electron chi connectivity index (χ4n) is 2.46. The van der Waals surface area contributed by atoms with Gasteiger partial charge in [-0.05, 0) is 30.3 Å². The van der Waals surface area contributed by atoms with Crippen molar-refractivity contribution in [1.82, 2.24) is 9.97 Å². The van der Waals surface area contributed by atoms with Crippen LogP contribution in [0.4, 0.5) is 10.1 Å². The van der Waals surface area contributed by atoms with Gasteiger partial charge in [0.15, 0.2) is 10.9 Å². The van der Waals surface area contributed by atoms with Crippen LogP contribution in [0.5, 0.6) is 0 Å². The fourth-order valence-corrected chi connectivity index (χ4v) is 3.38. The number of amides is 1. The molecule has 3 rings (SSSR count). The molecule has 1 heterocycles. The van der Waals surface area contributed by atoms with Crippen molar-refractivity contribution >= 4 is 53.1 Å². The third-order valence-corrected chi connectivity index (χ3v) is 4.99. The Kier molecular flexibility index (Phi) is 7.62. The molecule has 0 saturated carbocycles. The standard InChI is InChI=1S/C19H15ClFN3O2S.ClH/c1-24(17(25)11-27-19-22-8-9-23-19)16-7-6-12(20)10-14(16)18(26)13-4-2-3-5-15(13)21;/h2-10H,11H2,1H3,(H,22,23);1H. The third-order valence-electron chi connectivity index (χ3n) is 3.86. The van der Waals surface area contributed by atoms with Crippen molar-refractivity contribution < 1.29 is 14.0 Å². The summed E-state index contributed by atoms with van der Waals surface area (Å²) >= 11 is 7.28. The fraction of sp³-hybridized carbons (Fsp3) is 0.105. The number of nitrogens with zero attached hydrogens (tertiary/aromatic N) is 2. The van der Waals surface area contributed by atoms with Crippen LogP contribution in [-0.4, -0.2) is 34.5 Å². The molecular weight excluding hydrogens is 424 g/mol. The summed E-state index contributed by atoms with van der Waals surface area (Å²) in [6.45, 7) is 0. The summed E-state index contributed by atoms with van der Waals surface area (Å²) < 4.78 is 14.0. The molecule has 146 valence electrons. The van der Waals surface area contributed by atoms with E-state index in [1.165, 1.54) is 40.9 Å². The van der Waals surface area contributed by atoms with Gasteiger partial charge in [-0.25, -0.2) is 9.37 Å². The predicted molar refractivity (Wildman–Crippen MR) is 111 cm³/mol. The molecule has 0 radical (unpaired) electrons. The highest BCUT2D eigenvalue weighted by molar-refractivity contribution is 7.99. The molecule has 28 heavy (non-hydrogen) atoms. The van der Waals surface area contributed by atoms with Gasteiger partial charge in [-0.3, -0.25) is 9.59 Å². The normalized spacial score (nSPS) is 10.2. The Bertz CT molecular complexity index is 983. The number of ketones is 1. The predicted octanol–water partition coefficient (Wildman–Crippen LogP) is 4.61. The number of anilines is 1. The van der Waals surface area contributed by atoms with Gasteiger partial charge in [-0.1, -0.05) is 35.5 Å². The molecule has 0 unspecified atom stereocenters. The average molecular weight is 440 g/mol. The first-order valence-electron chi connectivity index (χ1n) is 7.95. The lowest BCUT2D eigenvalue weighted by atomic mass is 10.0. The summed E-state index contributed by atoms with van der Waals surface area (Å²) in [5, 5.41) is 0.944. The molecule has 0 saturated heterocycles.